The second-order valence-corrected chi connectivity index (χ2v) is 11.7. The van der Waals surface area contributed by atoms with Crippen LogP contribution >= 0.6 is 0 Å². The number of carbonyl (C=O) groups is 2. The third kappa shape index (κ3) is 6.32. The molecule has 2 aromatic rings. The van der Waals surface area contributed by atoms with Crippen LogP contribution in [0.1, 0.15) is 45.1 Å². The van der Waals surface area contributed by atoms with E-state index in [1.807, 2.05) is 6.07 Å². The molecule has 0 radical (unpaired) electrons. The van der Waals surface area contributed by atoms with Gasteiger partial charge in [-0.15, -0.1) is 0 Å². The standard InChI is InChI=1S/C27H35N3O7S/c1-4-38(33,34)30(22-12-13-24-25(15-22)37-18-36-24)17-26(31)29(16-20-8-7-11-23(14-20)35-3)19(2)27(32)28-21-9-5-6-10-21/h7-8,11-15,19,21H,4-6,9-10,16-18H2,1-3H3,(H,28,32)/t19-/m0/s1. The van der Waals surface area contributed by atoms with Gasteiger partial charge in [-0.25, -0.2) is 8.42 Å². The van der Waals surface area contributed by atoms with Crippen molar-refractivity contribution in [1.29, 1.82) is 0 Å². The zero-order chi connectivity index (χ0) is 27.3. The maximum atomic E-state index is 13.8. The highest BCUT2D eigenvalue weighted by Gasteiger charge is 2.32. The number of hydrogen-bond donors (Lipinski definition) is 1. The third-order valence-corrected chi connectivity index (χ3v) is 8.72. The number of anilines is 1. The van der Waals surface area contributed by atoms with Crippen molar-refractivity contribution in [2.75, 3.05) is 30.5 Å². The minimum atomic E-state index is -3.84. The van der Waals surface area contributed by atoms with Gasteiger partial charge in [0, 0.05) is 18.7 Å². The Labute approximate surface area is 223 Å². The van der Waals surface area contributed by atoms with E-state index in [9.17, 15) is 18.0 Å². The number of fused-ring (bicyclic) bond motifs is 1. The monoisotopic (exact) mass is 545 g/mol. The van der Waals surface area contributed by atoms with Crippen LogP contribution in [0.3, 0.4) is 0 Å². The molecule has 38 heavy (non-hydrogen) atoms. The lowest BCUT2D eigenvalue weighted by atomic mass is 10.1. The molecule has 1 fully saturated rings. The highest BCUT2D eigenvalue weighted by Crippen LogP contribution is 2.36. The molecule has 1 saturated carbocycles. The molecule has 1 atom stereocenters. The van der Waals surface area contributed by atoms with E-state index < -0.39 is 28.5 Å². The molecule has 11 heteroatoms. The summed E-state index contributed by atoms with van der Waals surface area (Å²) in [5.74, 6) is 0.559. The summed E-state index contributed by atoms with van der Waals surface area (Å²) in [6.45, 7) is 2.87. The van der Waals surface area contributed by atoms with Gasteiger partial charge in [-0.1, -0.05) is 25.0 Å². The predicted octanol–water partition coefficient (Wildman–Crippen LogP) is 3.06. The molecule has 10 nitrogen and oxygen atoms in total. The van der Waals surface area contributed by atoms with Crippen molar-refractivity contribution in [3.8, 4) is 17.2 Å². The Morgan fingerprint density at radius 3 is 2.55 bits per heavy atom. The number of sulfonamides is 1. The van der Waals surface area contributed by atoms with Crippen LogP contribution in [-0.2, 0) is 26.2 Å². The van der Waals surface area contributed by atoms with E-state index in [1.165, 1.54) is 11.8 Å². The Balaban J connectivity index is 1.62. The SMILES string of the molecule is CCS(=O)(=O)N(CC(=O)N(Cc1cccc(OC)c1)[C@@H](C)C(=O)NC1CCCC1)c1ccc2c(c1)OCO2. The Bertz CT molecular complexity index is 1260. The van der Waals surface area contributed by atoms with Crippen LogP contribution in [0, 0.1) is 0 Å². The van der Waals surface area contributed by atoms with Crippen LogP contribution in [0.15, 0.2) is 42.5 Å². The average molecular weight is 546 g/mol. The van der Waals surface area contributed by atoms with Crippen molar-refractivity contribution < 1.29 is 32.2 Å². The Morgan fingerprint density at radius 2 is 1.84 bits per heavy atom. The fraction of sp³-hybridized carbons (Fsp3) is 0.481. The van der Waals surface area contributed by atoms with Gasteiger partial charge in [0.25, 0.3) is 0 Å². The maximum absolute atomic E-state index is 13.8. The van der Waals surface area contributed by atoms with Crippen molar-refractivity contribution in [2.24, 2.45) is 0 Å². The summed E-state index contributed by atoms with van der Waals surface area (Å²) < 4.78 is 43.4. The van der Waals surface area contributed by atoms with Gasteiger partial charge in [-0.05, 0) is 56.5 Å². The topological polar surface area (TPSA) is 114 Å². The van der Waals surface area contributed by atoms with Gasteiger partial charge in [-0.2, -0.15) is 0 Å². The number of benzene rings is 2. The van der Waals surface area contributed by atoms with E-state index in [4.69, 9.17) is 14.2 Å². The fourth-order valence-electron chi connectivity index (χ4n) is 4.70. The molecule has 2 aliphatic rings. The second-order valence-electron chi connectivity index (χ2n) is 9.48. The van der Waals surface area contributed by atoms with E-state index in [2.05, 4.69) is 5.32 Å². The van der Waals surface area contributed by atoms with Gasteiger partial charge in [0.05, 0.1) is 18.6 Å². The predicted molar refractivity (Wildman–Crippen MR) is 143 cm³/mol. The Kier molecular flexibility index (Phi) is 8.65. The van der Waals surface area contributed by atoms with Crippen molar-refractivity contribution in [1.82, 2.24) is 10.2 Å². The summed E-state index contributed by atoms with van der Waals surface area (Å²) in [6, 6.07) is 11.2. The van der Waals surface area contributed by atoms with Crippen molar-refractivity contribution in [2.45, 2.75) is 58.2 Å². The molecule has 0 spiro atoms. The van der Waals surface area contributed by atoms with Crippen LogP contribution in [0.4, 0.5) is 5.69 Å². The number of carbonyl (C=O) groups excluding carboxylic acids is 2. The van der Waals surface area contributed by atoms with Crippen LogP contribution in [0.5, 0.6) is 17.2 Å². The summed E-state index contributed by atoms with van der Waals surface area (Å²) in [5.41, 5.74) is 1.04. The largest absolute Gasteiger partial charge is 0.497 e. The van der Waals surface area contributed by atoms with Crippen molar-refractivity contribution >= 4 is 27.5 Å². The summed E-state index contributed by atoms with van der Waals surface area (Å²) in [4.78, 5) is 28.4. The number of rotatable bonds is 11. The molecule has 1 aliphatic carbocycles. The Hall–Kier alpha value is -3.47. The third-order valence-electron chi connectivity index (χ3n) is 6.98. The van der Waals surface area contributed by atoms with Crippen molar-refractivity contribution in [3.63, 3.8) is 0 Å². The van der Waals surface area contributed by atoms with Crippen LogP contribution in [0.25, 0.3) is 0 Å². The highest BCUT2D eigenvalue weighted by atomic mass is 32.2. The van der Waals surface area contributed by atoms with Gasteiger partial charge < -0.3 is 24.4 Å². The average Bonchev–Trinajstić information content (AvgIpc) is 3.61. The number of hydrogen-bond acceptors (Lipinski definition) is 7. The summed E-state index contributed by atoms with van der Waals surface area (Å²) in [7, 11) is -2.28. The molecule has 1 N–H and O–H groups in total. The zero-order valence-electron chi connectivity index (χ0n) is 22.0. The smallest absolute Gasteiger partial charge is 0.244 e. The fourth-order valence-corrected chi connectivity index (χ4v) is 5.76. The molecule has 0 saturated heterocycles. The van der Waals surface area contributed by atoms with Gasteiger partial charge >= 0.3 is 0 Å². The lowest BCUT2D eigenvalue weighted by Crippen LogP contribution is -2.52. The minimum Gasteiger partial charge on any atom is -0.497 e. The molecule has 2 aromatic carbocycles. The summed E-state index contributed by atoms with van der Waals surface area (Å²) in [5, 5.41) is 3.06. The normalized spacial score (nSPS) is 15.7. The molecule has 2 amide bonds. The molecule has 1 aliphatic heterocycles. The summed E-state index contributed by atoms with van der Waals surface area (Å²) in [6.07, 6.45) is 3.94. The number of nitrogens with one attached hydrogen (secondary N) is 1. The van der Waals surface area contributed by atoms with Gasteiger partial charge in [0.2, 0.25) is 28.6 Å². The van der Waals surface area contributed by atoms with Gasteiger partial charge in [0.1, 0.15) is 18.3 Å². The molecule has 0 aromatic heterocycles. The molecule has 0 unspecified atom stereocenters. The van der Waals surface area contributed by atoms with Gasteiger partial charge in [-0.3, -0.25) is 13.9 Å². The van der Waals surface area contributed by atoms with E-state index >= 15 is 0 Å². The van der Waals surface area contributed by atoms with E-state index in [-0.39, 0.29) is 36.7 Å². The first-order chi connectivity index (χ1) is 18.2. The first-order valence-corrected chi connectivity index (χ1v) is 14.5. The first-order valence-electron chi connectivity index (χ1n) is 12.8. The number of methoxy groups -OCH3 is 1. The molecule has 4 rings (SSSR count). The molecular formula is C27H35N3O7S. The van der Waals surface area contributed by atoms with Crippen molar-refractivity contribution in [3.05, 3.63) is 48.0 Å². The van der Waals surface area contributed by atoms with E-state index in [0.29, 0.717) is 17.2 Å². The lowest BCUT2D eigenvalue weighted by Gasteiger charge is -2.32. The van der Waals surface area contributed by atoms with Crippen LogP contribution in [-0.4, -0.2) is 63.4 Å². The summed E-state index contributed by atoms with van der Waals surface area (Å²) >= 11 is 0. The lowest BCUT2D eigenvalue weighted by molar-refractivity contribution is -0.139. The zero-order valence-corrected chi connectivity index (χ0v) is 22.8. The quantitative estimate of drug-likeness (QED) is 0.462. The van der Waals surface area contributed by atoms with Gasteiger partial charge in [0.15, 0.2) is 11.5 Å². The van der Waals surface area contributed by atoms with E-state index in [1.54, 1.807) is 50.4 Å². The second kappa shape index (κ2) is 11.9. The van der Waals surface area contributed by atoms with Crippen LogP contribution in [0.2, 0.25) is 0 Å². The maximum Gasteiger partial charge on any atom is 0.244 e. The molecule has 206 valence electrons. The molecule has 1 heterocycles. The minimum absolute atomic E-state index is 0.0418. The molecule has 0 bridgehead atoms. The number of nitrogens with zero attached hydrogens (tertiary/aromatic N) is 2. The highest BCUT2D eigenvalue weighted by molar-refractivity contribution is 7.92. The number of ether oxygens (including phenoxy) is 3. The van der Waals surface area contributed by atoms with E-state index in [0.717, 1.165) is 35.6 Å². The first kappa shape index (κ1) is 27.6. The number of amides is 2. The molecular weight excluding hydrogens is 510 g/mol. The van der Waals surface area contributed by atoms with Crippen LogP contribution < -0.4 is 23.8 Å². The Morgan fingerprint density at radius 1 is 1.11 bits per heavy atom.